The lowest BCUT2D eigenvalue weighted by atomic mass is 10.0. The molecule has 0 fully saturated rings. The molecule has 0 radical (unpaired) electrons. The van der Waals surface area contributed by atoms with Crippen LogP contribution in [0.25, 0.3) is 0 Å². The third-order valence-corrected chi connectivity index (χ3v) is 2.81. The molecule has 0 bridgehead atoms. The summed E-state index contributed by atoms with van der Waals surface area (Å²) in [4.78, 5) is 0. The minimum Gasteiger partial charge on any atom is -0.195 e. The average molecular weight is 293 g/mol. The van der Waals surface area contributed by atoms with Crippen LogP contribution in [-0.4, -0.2) is 4.33 Å². The van der Waals surface area contributed by atoms with E-state index in [2.05, 4.69) is 15.9 Å². The van der Waals surface area contributed by atoms with Gasteiger partial charge in [-0.15, -0.1) is 0 Å². The number of benzene rings is 1. The van der Waals surface area contributed by atoms with Crippen molar-refractivity contribution >= 4 is 39.1 Å². The smallest absolute Gasteiger partial charge is 0.195 e. The van der Waals surface area contributed by atoms with E-state index in [-0.39, 0.29) is 0 Å². The van der Waals surface area contributed by atoms with Gasteiger partial charge >= 0.3 is 0 Å². The van der Waals surface area contributed by atoms with E-state index >= 15 is 0 Å². The van der Waals surface area contributed by atoms with Crippen LogP contribution in [0, 0.1) is 18.3 Å². The number of alkyl halides is 2. The number of hydrogen-bond donors (Lipinski definition) is 0. The third-order valence-electron chi connectivity index (χ3n) is 1.88. The molecule has 1 aromatic carbocycles. The molecule has 0 aliphatic carbocycles. The molecule has 0 heterocycles. The molecule has 0 aromatic heterocycles. The van der Waals surface area contributed by atoms with E-state index in [4.69, 9.17) is 28.5 Å². The highest BCUT2D eigenvalue weighted by molar-refractivity contribution is 9.10. The van der Waals surface area contributed by atoms with Crippen LogP contribution in [0.4, 0.5) is 0 Å². The zero-order valence-corrected chi connectivity index (χ0v) is 10.6. The summed E-state index contributed by atoms with van der Waals surface area (Å²) in [5.74, 6) is 0. The van der Waals surface area contributed by atoms with E-state index < -0.39 is 4.33 Å². The third kappa shape index (κ3) is 3.16. The van der Waals surface area contributed by atoms with Gasteiger partial charge in [0.25, 0.3) is 0 Å². The van der Waals surface area contributed by atoms with Crippen LogP contribution >= 0.6 is 39.1 Å². The first-order valence-corrected chi connectivity index (χ1v) is 5.53. The predicted molar refractivity (Wildman–Crippen MR) is 62.6 cm³/mol. The molecule has 0 amide bonds. The fourth-order valence-corrected chi connectivity index (χ4v) is 1.90. The molecule has 0 aliphatic heterocycles. The highest BCUT2D eigenvalue weighted by atomic mass is 79.9. The molecule has 14 heavy (non-hydrogen) atoms. The van der Waals surface area contributed by atoms with E-state index in [1.54, 1.807) is 0 Å². The molecular formula is C10H8BrCl2N. The van der Waals surface area contributed by atoms with Crippen molar-refractivity contribution in [2.24, 2.45) is 0 Å². The van der Waals surface area contributed by atoms with E-state index in [0.29, 0.717) is 6.42 Å². The van der Waals surface area contributed by atoms with Gasteiger partial charge in [-0.25, -0.2) is 0 Å². The van der Waals surface area contributed by atoms with Gasteiger partial charge in [0.05, 0.1) is 0 Å². The first kappa shape index (κ1) is 11.8. The first-order chi connectivity index (χ1) is 6.44. The summed E-state index contributed by atoms with van der Waals surface area (Å²) >= 11 is 14.9. The highest BCUT2D eigenvalue weighted by Crippen LogP contribution is 2.27. The van der Waals surface area contributed by atoms with Crippen molar-refractivity contribution < 1.29 is 0 Å². The summed E-state index contributed by atoms with van der Waals surface area (Å²) in [6.07, 6.45) is 0.339. The van der Waals surface area contributed by atoms with Gasteiger partial charge in [0.2, 0.25) is 4.33 Å². The summed E-state index contributed by atoms with van der Waals surface area (Å²) in [5, 5.41) is 8.68. The molecule has 0 unspecified atom stereocenters. The van der Waals surface area contributed by atoms with E-state index in [0.717, 1.165) is 15.6 Å². The van der Waals surface area contributed by atoms with Crippen LogP contribution in [0.2, 0.25) is 0 Å². The summed E-state index contributed by atoms with van der Waals surface area (Å²) in [6.45, 7) is 1.96. The van der Waals surface area contributed by atoms with Gasteiger partial charge in [-0.05, 0) is 30.2 Å². The van der Waals surface area contributed by atoms with Gasteiger partial charge in [0.15, 0.2) is 0 Å². The maximum absolute atomic E-state index is 8.68. The molecule has 4 heteroatoms. The van der Waals surface area contributed by atoms with Crippen LogP contribution in [0.5, 0.6) is 0 Å². The van der Waals surface area contributed by atoms with Crippen molar-refractivity contribution in [2.45, 2.75) is 17.7 Å². The Morgan fingerprint density at radius 1 is 1.50 bits per heavy atom. The fourth-order valence-electron chi connectivity index (χ4n) is 1.14. The lowest BCUT2D eigenvalue weighted by Crippen LogP contribution is -2.13. The number of hydrogen-bond acceptors (Lipinski definition) is 1. The Balaban J connectivity index is 2.94. The molecule has 0 N–H and O–H groups in total. The summed E-state index contributed by atoms with van der Waals surface area (Å²) in [5.41, 5.74) is 2.06. The van der Waals surface area contributed by atoms with Crippen LogP contribution < -0.4 is 0 Å². The Bertz CT molecular complexity index is 382. The highest BCUT2D eigenvalue weighted by Gasteiger charge is 2.24. The van der Waals surface area contributed by atoms with Gasteiger partial charge in [-0.3, -0.25) is 0 Å². The predicted octanol–water partition coefficient (Wildman–Crippen LogP) is 4.00. The van der Waals surface area contributed by atoms with Gasteiger partial charge in [0.1, 0.15) is 6.07 Å². The van der Waals surface area contributed by atoms with Crippen LogP contribution in [-0.2, 0) is 6.42 Å². The summed E-state index contributed by atoms with van der Waals surface area (Å²) in [7, 11) is 0. The average Bonchev–Trinajstić information content (AvgIpc) is 2.10. The Morgan fingerprint density at radius 2 is 2.14 bits per heavy atom. The molecule has 0 atom stereocenters. The molecule has 1 rings (SSSR count). The van der Waals surface area contributed by atoms with Crippen molar-refractivity contribution in [3.8, 4) is 6.07 Å². The largest absolute Gasteiger partial charge is 0.207 e. The second-order valence-electron chi connectivity index (χ2n) is 3.06. The van der Waals surface area contributed by atoms with Crippen molar-refractivity contribution in [1.82, 2.24) is 0 Å². The van der Waals surface area contributed by atoms with Gasteiger partial charge in [-0.1, -0.05) is 45.2 Å². The van der Waals surface area contributed by atoms with E-state index in [9.17, 15) is 0 Å². The van der Waals surface area contributed by atoms with Crippen molar-refractivity contribution in [3.63, 3.8) is 0 Å². The SMILES string of the molecule is Cc1cc(Br)ccc1CC(Cl)(Cl)C#N. The molecule has 0 spiro atoms. The van der Waals surface area contributed by atoms with Gasteiger partial charge in [-0.2, -0.15) is 5.26 Å². The number of halogens is 3. The summed E-state index contributed by atoms with van der Waals surface area (Å²) in [6, 6.07) is 7.64. The maximum Gasteiger partial charge on any atom is 0.207 e. The molecule has 74 valence electrons. The molecular weight excluding hydrogens is 285 g/mol. The van der Waals surface area contributed by atoms with Crippen LogP contribution in [0.15, 0.2) is 22.7 Å². The van der Waals surface area contributed by atoms with E-state index in [1.807, 2.05) is 31.2 Å². The second-order valence-corrected chi connectivity index (χ2v) is 5.46. The molecule has 1 nitrogen and oxygen atoms in total. The number of rotatable bonds is 2. The fraction of sp³-hybridized carbons (Fsp3) is 0.300. The number of nitrogens with zero attached hydrogens (tertiary/aromatic N) is 1. The van der Waals surface area contributed by atoms with Crippen LogP contribution in [0.1, 0.15) is 11.1 Å². The molecule has 1 aromatic rings. The Hall–Kier alpha value is -0.230. The normalized spacial score (nSPS) is 11.1. The topological polar surface area (TPSA) is 23.8 Å². The number of aryl methyl sites for hydroxylation is 1. The minimum absolute atomic E-state index is 0.339. The molecule has 0 saturated carbocycles. The maximum atomic E-state index is 8.68. The monoisotopic (exact) mass is 291 g/mol. The van der Waals surface area contributed by atoms with Gasteiger partial charge in [0, 0.05) is 10.9 Å². The van der Waals surface area contributed by atoms with Crippen molar-refractivity contribution in [3.05, 3.63) is 33.8 Å². The second kappa shape index (κ2) is 4.53. The lowest BCUT2D eigenvalue weighted by Gasteiger charge is -2.12. The Labute approximate surface area is 102 Å². The zero-order chi connectivity index (χ0) is 10.8. The first-order valence-electron chi connectivity index (χ1n) is 3.99. The van der Waals surface area contributed by atoms with Gasteiger partial charge < -0.3 is 0 Å². The minimum atomic E-state index is -1.33. The van der Waals surface area contributed by atoms with E-state index in [1.165, 1.54) is 0 Å². The Morgan fingerprint density at radius 3 is 2.64 bits per heavy atom. The Kier molecular flexibility index (Phi) is 3.83. The van der Waals surface area contributed by atoms with Crippen molar-refractivity contribution in [1.29, 1.82) is 5.26 Å². The van der Waals surface area contributed by atoms with Crippen LogP contribution in [0.3, 0.4) is 0 Å². The lowest BCUT2D eigenvalue weighted by molar-refractivity contribution is 0.935. The summed E-state index contributed by atoms with van der Waals surface area (Å²) < 4.78 is -0.330. The zero-order valence-electron chi connectivity index (χ0n) is 7.52. The molecule has 0 saturated heterocycles. The quantitative estimate of drug-likeness (QED) is 0.756. The van der Waals surface area contributed by atoms with Crippen molar-refractivity contribution in [2.75, 3.05) is 0 Å². The molecule has 0 aliphatic rings. The standard InChI is InChI=1S/C10H8BrCl2N/c1-7-4-9(11)3-2-8(7)5-10(12,13)6-14/h2-4H,5H2,1H3. The number of nitriles is 1.